The maximum atomic E-state index is 10.6. The zero-order valence-corrected chi connectivity index (χ0v) is 4.92. The predicted molar refractivity (Wildman–Crippen MR) is 34.0 cm³/mol. The molecule has 0 bridgehead atoms. The molecule has 58 valence electrons. The van der Waals surface area contributed by atoms with Crippen LogP contribution in [-0.2, 0) is 9.59 Å². The second-order valence-corrected chi connectivity index (χ2v) is 1.33. The molecule has 5 nitrogen and oxygen atoms in total. The van der Waals surface area contributed by atoms with Crippen LogP contribution in [0.2, 0.25) is 0 Å². The number of amides is 1. The van der Waals surface area contributed by atoms with Crippen LogP contribution in [0.3, 0.4) is 0 Å². The summed E-state index contributed by atoms with van der Waals surface area (Å²) in [7, 11) is 0. The molecule has 0 aliphatic heterocycles. The van der Waals surface area contributed by atoms with Crippen LogP contribution in [0.4, 0.5) is 0 Å². The molecule has 0 spiro atoms. The first-order chi connectivity index (χ1) is 6.39. The van der Waals surface area contributed by atoms with Gasteiger partial charge in [-0.1, -0.05) is 0 Å². The topological polar surface area (TPSA) is 106 Å². The van der Waals surface area contributed by atoms with Crippen LogP contribution in [0.25, 0.3) is 0 Å². The van der Waals surface area contributed by atoms with E-state index in [9.17, 15) is 9.59 Å². The normalized spacial score (nSPS) is 25.9. The van der Waals surface area contributed by atoms with Gasteiger partial charge in [-0.2, -0.15) is 0 Å². The molecule has 0 heterocycles. The van der Waals surface area contributed by atoms with Crippen LogP contribution < -0.4 is 11.5 Å². The van der Waals surface area contributed by atoms with Gasteiger partial charge in [-0.15, -0.1) is 0 Å². The van der Waals surface area contributed by atoms with Gasteiger partial charge in [0.1, 0.15) is 6.02 Å². The molecule has 0 saturated carbocycles. The van der Waals surface area contributed by atoms with Gasteiger partial charge in [-0.25, -0.2) is 0 Å². The lowest BCUT2D eigenvalue weighted by molar-refractivity contribution is -0.138. The van der Waals surface area contributed by atoms with Crippen molar-refractivity contribution in [1.82, 2.24) is 0 Å². The van der Waals surface area contributed by atoms with Gasteiger partial charge >= 0.3 is 5.97 Å². The lowest BCUT2D eigenvalue weighted by Crippen LogP contribution is -2.31. The van der Waals surface area contributed by atoms with Crippen LogP contribution >= 0.6 is 0 Å². The van der Waals surface area contributed by atoms with Gasteiger partial charge in [0.25, 0.3) is 0 Å². The van der Waals surface area contributed by atoms with Crippen molar-refractivity contribution in [3.63, 3.8) is 0 Å². The lowest BCUT2D eigenvalue weighted by Gasteiger charge is -2.01. The van der Waals surface area contributed by atoms with Gasteiger partial charge in [0.15, 0.2) is 0 Å². The summed E-state index contributed by atoms with van der Waals surface area (Å²) in [5.74, 6) is -3.83. The third-order valence-corrected chi connectivity index (χ3v) is 0.551. The summed E-state index contributed by atoms with van der Waals surface area (Å²) in [5.41, 5.74) is 9.37. The average Bonchev–Trinajstić information content (AvgIpc) is 2.02. The third kappa shape index (κ3) is 3.85. The van der Waals surface area contributed by atoms with Crippen LogP contribution in [-0.4, -0.2) is 23.0 Å². The predicted octanol–water partition coefficient (Wildman–Crippen LogP) is -1.34. The molecule has 1 amide bonds. The zero-order valence-electron chi connectivity index (χ0n) is 9.92. The molecule has 0 radical (unpaired) electrons. The van der Waals surface area contributed by atoms with E-state index in [1.807, 2.05) is 0 Å². The van der Waals surface area contributed by atoms with E-state index in [0.717, 1.165) is 0 Å². The molecule has 0 aliphatic rings. The second-order valence-electron chi connectivity index (χ2n) is 1.33. The Kier molecular flexibility index (Phi) is 1.28. The molecule has 0 saturated heterocycles. The number of carbonyl (C=O) groups excluding carboxylic acids is 1. The van der Waals surface area contributed by atoms with Crippen LogP contribution in [0, 0.1) is 0 Å². The fourth-order valence-electron chi connectivity index (χ4n) is 0.182. The SMILES string of the molecule is [2H][13C]([2H])([13C]([15NH2])=O)[13C]([2H])([2H])[13C@]([2H])([15NH2])[13C](=O)O. The van der Waals surface area contributed by atoms with Crippen LogP contribution in [0.5, 0.6) is 0 Å². The number of nitrogens with two attached hydrogens (primary N) is 2. The number of carboxylic acid groups (broad SMARTS) is 1. The van der Waals surface area contributed by atoms with E-state index in [0.29, 0.717) is 0 Å². The molecular formula is C5H10N2O3. The van der Waals surface area contributed by atoms with Crippen molar-refractivity contribution in [2.45, 2.75) is 18.8 Å². The number of rotatable bonds is 4. The van der Waals surface area contributed by atoms with E-state index in [1.54, 1.807) is 0 Å². The summed E-state index contributed by atoms with van der Waals surface area (Å²) >= 11 is 0. The van der Waals surface area contributed by atoms with E-state index < -0.39 is 30.6 Å². The molecule has 5 N–H and O–H groups in total. The minimum absolute atomic E-state index is 1.73. The second kappa shape index (κ2) is 3.84. The van der Waals surface area contributed by atoms with E-state index in [2.05, 4.69) is 5.73 Å². The minimum Gasteiger partial charge on any atom is -0.480 e. The Morgan fingerprint density at radius 3 is 2.60 bits per heavy atom. The monoisotopic (exact) mass is 158 g/mol. The van der Waals surface area contributed by atoms with Gasteiger partial charge in [0.05, 0.1) is 1.37 Å². The molecular weight excluding hydrogens is 143 g/mol. The van der Waals surface area contributed by atoms with Gasteiger partial charge in [0, 0.05) is 11.9 Å². The van der Waals surface area contributed by atoms with Gasteiger partial charge in [-0.05, 0) is 6.37 Å². The Morgan fingerprint density at radius 1 is 1.80 bits per heavy atom. The fourth-order valence-corrected chi connectivity index (χ4v) is 0.182. The Morgan fingerprint density at radius 2 is 2.30 bits per heavy atom. The molecule has 0 fully saturated rings. The summed E-state index contributed by atoms with van der Waals surface area (Å²) < 4.78 is 35.1. The third-order valence-electron chi connectivity index (χ3n) is 0.551. The van der Waals surface area contributed by atoms with Crippen molar-refractivity contribution in [3.8, 4) is 0 Å². The number of carboxylic acids is 1. The van der Waals surface area contributed by atoms with Crippen molar-refractivity contribution in [3.05, 3.63) is 0 Å². The average molecular weight is 158 g/mol. The number of primary amides is 1. The highest BCUT2D eigenvalue weighted by atomic mass is 16.5. The summed E-state index contributed by atoms with van der Waals surface area (Å²) in [6, 6.07) is -3.31. The summed E-state index contributed by atoms with van der Waals surface area (Å²) in [5, 5.41) is 8.45. The summed E-state index contributed by atoms with van der Waals surface area (Å²) in [6.07, 6.45) is -6.82. The molecule has 5 heteroatoms. The Balaban J connectivity index is 5.50. The quantitative estimate of drug-likeness (QED) is 0.348. The van der Waals surface area contributed by atoms with E-state index >= 15 is 0 Å². The molecule has 10 heavy (non-hydrogen) atoms. The molecule has 1 atom stereocenters. The highest BCUT2D eigenvalue weighted by Gasteiger charge is 2.11. The van der Waals surface area contributed by atoms with Crippen LogP contribution in [0.1, 0.15) is 19.6 Å². The zero-order chi connectivity index (χ0) is 12.7. The van der Waals surface area contributed by atoms with Crippen molar-refractivity contribution >= 4 is 11.9 Å². The van der Waals surface area contributed by atoms with Gasteiger partial charge < -0.3 is 16.6 Å². The number of carbonyl (C=O) groups is 2. The van der Waals surface area contributed by atoms with Crippen LogP contribution in [0.15, 0.2) is 0 Å². The number of aliphatic carboxylic acids is 1. The highest BCUT2D eigenvalue weighted by molar-refractivity contribution is 5.76. The van der Waals surface area contributed by atoms with E-state index in [1.165, 1.54) is 0 Å². The lowest BCUT2D eigenvalue weighted by atomic mass is 11.1. The largest absolute Gasteiger partial charge is 0.480 e. The molecule has 0 aromatic carbocycles. The number of hydrogen-bond donors (Lipinski definition) is 3. The smallest absolute Gasteiger partial charge is 0.320 e. The van der Waals surface area contributed by atoms with Gasteiger partial charge in [0.2, 0.25) is 5.91 Å². The Labute approximate surface area is 65.0 Å². The first kappa shape index (κ1) is 3.34. The van der Waals surface area contributed by atoms with Gasteiger partial charge in [-0.3, -0.25) is 9.59 Å². The number of hydrogen-bond acceptors (Lipinski definition) is 3. The van der Waals surface area contributed by atoms with E-state index in [-0.39, 0.29) is 0 Å². The molecule has 0 aliphatic carbocycles. The van der Waals surface area contributed by atoms with Crippen molar-refractivity contribution in [2.75, 3.05) is 0 Å². The summed E-state index contributed by atoms with van der Waals surface area (Å²) in [4.78, 5) is 21.1. The van der Waals surface area contributed by atoms with Crippen molar-refractivity contribution in [1.29, 1.82) is 0 Å². The maximum Gasteiger partial charge on any atom is 0.320 e. The fraction of sp³-hybridized carbons (Fsp3) is 0.600. The Bertz CT molecular complexity index is 275. The van der Waals surface area contributed by atoms with Crippen molar-refractivity contribution in [2.24, 2.45) is 11.5 Å². The first-order valence-corrected chi connectivity index (χ1v) is 2.21. The van der Waals surface area contributed by atoms with E-state index in [4.69, 9.17) is 17.7 Å². The first-order valence-electron chi connectivity index (χ1n) is 4.71. The molecule has 0 unspecified atom stereocenters. The minimum atomic E-state index is -3.46. The maximum absolute atomic E-state index is 10.6. The van der Waals surface area contributed by atoms with Crippen molar-refractivity contribution < 1.29 is 21.5 Å². The summed E-state index contributed by atoms with van der Waals surface area (Å²) in [6.45, 7) is 0. The molecule has 0 rings (SSSR count). The molecule has 0 aromatic heterocycles. The molecule has 0 aromatic rings. The standard InChI is InChI=1S/C5H10N2O3/c6-3(5(9)10)1-2-4(7)8/h3H,1-2,6H2,(H2,7,8)(H,9,10)/t3-/m0/s1/i1+1D2,2+1D2,3+1D,4+1,5+1,6+1,7+1. The Hall–Kier alpha value is -1.10. The highest BCUT2D eigenvalue weighted by Crippen LogP contribution is 1.92.